The molecule has 1 fully saturated rings. The third-order valence-corrected chi connectivity index (χ3v) is 9.81. The lowest BCUT2D eigenvalue weighted by Crippen LogP contribution is -2.49. The van der Waals surface area contributed by atoms with Gasteiger partial charge in [0.15, 0.2) is 0 Å². The average molecular weight is 469 g/mol. The van der Waals surface area contributed by atoms with E-state index in [9.17, 15) is 0 Å². The molecule has 0 aliphatic heterocycles. The Hall–Kier alpha value is -1.58. The van der Waals surface area contributed by atoms with Crippen molar-refractivity contribution in [3.8, 4) is 0 Å². The normalized spacial score (nSPS) is 29.9. The number of aromatic nitrogens is 3. The summed E-state index contributed by atoms with van der Waals surface area (Å²) in [6, 6.07) is 0. The monoisotopic (exact) mass is 468 g/mol. The summed E-state index contributed by atoms with van der Waals surface area (Å²) >= 11 is 0. The van der Waals surface area contributed by atoms with E-state index < -0.39 is 0 Å². The zero-order valence-electron chi connectivity index (χ0n) is 23.8. The third-order valence-electron chi connectivity index (χ3n) is 9.81. The molecule has 4 heteroatoms. The van der Waals surface area contributed by atoms with Gasteiger partial charge in [-0.05, 0) is 90.4 Å². The van der Waals surface area contributed by atoms with E-state index in [1.54, 1.807) is 0 Å². The van der Waals surface area contributed by atoms with Gasteiger partial charge in [-0.15, -0.1) is 5.10 Å². The van der Waals surface area contributed by atoms with Crippen molar-refractivity contribution in [1.82, 2.24) is 20.3 Å². The molecule has 0 aromatic carbocycles. The van der Waals surface area contributed by atoms with E-state index in [0.29, 0.717) is 11.8 Å². The highest BCUT2D eigenvalue weighted by atomic mass is 15.5. The minimum atomic E-state index is -0.217. The first-order valence-electron chi connectivity index (χ1n) is 13.8. The van der Waals surface area contributed by atoms with Crippen LogP contribution in [0.5, 0.6) is 0 Å². The maximum Gasteiger partial charge on any atom is 0.0976 e. The molecule has 2 aliphatic rings. The molecule has 1 aromatic rings. The molecule has 0 bridgehead atoms. The lowest BCUT2D eigenvalue weighted by molar-refractivity contribution is 0.235. The zero-order chi connectivity index (χ0) is 25.5. The van der Waals surface area contributed by atoms with Crippen LogP contribution in [0.25, 0.3) is 0 Å². The van der Waals surface area contributed by atoms with E-state index in [2.05, 4.69) is 85.5 Å². The fraction of sp³-hybridized carbons (Fsp3) is 0.800. The maximum atomic E-state index is 4.90. The number of fused-ring (bicyclic) bond motifs is 1. The molecular formula is C30H52N4. The molecule has 2 aliphatic carbocycles. The van der Waals surface area contributed by atoms with E-state index in [4.69, 9.17) is 10.3 Å². The Kier molecular flexibility index (Phi) is 7.52. The van der Waals surface area contributed by atoms with Gasteiger partial charge in [-0.25, -0.2) is 4.68 Å². The number of hydrogen-bond donors (Lipinski definition) is 1. The van der Waals surface area contributed by atoms with Crippen molar-refractivity contribution in [2.45, 2.75) is 137 Å². The van der Waals surface area contributed by atoms with E-state index in [-0.39, 0.29) is 21.9 Å². The van der Waals surface area contributed by atoms with Crippen molar-refractivity contribution in [3.63, 3.8) is 0 Å². The van der Waals surface area contributed by atoms with Crippen LogP contribution in [0.2, 0.25) is 0 Å². The molecule has 34 heavy (non-hydrogen) atoms. The molecule has 5 atom stereocenters. The van der Waals surface area contributed by atoms with Crippen LogP contribution in [0, 0.1) is 17.3 Å². The molecule has 192 valence electrons. The van der Waals surface area contributed by atoms with E-state index in [0.717, 1.165) is 37.1 Å². The smallest absolute Gasteiger partial charge is 0.0976 e. The fourth-order valence-electron chi connectivity index (χ4n) is 6.55. The van der Waals surface area contributed by atoms with Crippen LogP contribution in [-0.4, -0.2) is 20.5 Å². The summed E-state index contributed by atoms with van der Waals surface area (Å²) in [5.74, 6) is 1.25. The molecule has 0 radical (unpaired) electrons. The zero-order valence-corrected chi connectivity index (χ0v) is 23.8. The number of allylic oxidation sites excluding steroid dienone is 2. The van der Waals surface area contributed by atoms with Gasteiger partial charge in [0.2, 0.25) is 0 Å². The van der Waals surface area contributed by atoms with Crippen molar-refractivity contribution >= 4 is 0 Å². The number of rotatable bonds is 10. The van der Waals surface area contributed by atoms with Crippen molar-refractivity contribution in [2.75, 3.05) is 0 Å². The van der Waals surface area contributed by atoms with Gasteiger partial charge in [0.05, 0.1) is 22.3 Å². The highest BCUT2D eigenvalue weighted by Crippen LogP contribution is 2.62. The lowest BCUT2D eigenvalue weighted by Gasteiger charge is -2.41. The molecule has 1 N–H and O–H groups in total. The average Bonchev–Trinajstić information content (AvgIpc) is 3.29. The van der Waals surface area contributed by atoms with E-state index >= 15 is 0 Å². The first-order valence-corrected chi connectivity index (χ1v) is 13.8. The Labute approximate surface area is 210 Å². The van der Waals surface area contributed by atoms with Gasteiger partial charge in [0.1, 0.15) is 0 Å². The highest BCUT2D eigenvalue weighted by Gasteiger charge is 2.59. The SMILES string of the molecule is C=C(NC(C)(CC)C1CC1(C)C(=C)C)C1(C)CCCCCc2c1nnn2C(C)(C)CC(C)CC. The van der Waals surface area contributed by atoms with E-state index in [1.165, 1.54) is 43.4 Å². The van der Waals surface area contributed by atoms with Gasteiger partial charge in [0.25, 0.3) is 0 Å². The van der Waals surface area contributed by atoms with Crippen LogP contribution < -0.4 is 5.32 Å². The van der Waals surface area contributed by atoms with Crippen molar-refractivity contribution < 1.29 is 0 Å². The van der Waals surface area contributed by atoms with Gasteiger partial charge >= 0.3 is 0 Å². The van der Waals surface area contributed by atoms with Gasteiger partial charge < -0.3 is 5.32 Å². The molecule has 1 saturated carbocycles. The van der Waals surface area contributed by atoms with Crippen LogP contribution in [0.1, 0.15) is 125 Å². The Morgan fingerprint density at radius 2 is 1.85 bits per heavy atom. The van der Waals surface area contributed by atoms with Crippen LogP contribution in [-0.2, 0) is 17.4 Å². The predicted molar refractivity (Wildman–Crippen MR) is 145 cm³/mol. The topological polar surface area (TPSA) is 42.7 Å². The molecule has 0 saturated heterocycles. The predicted octanol–water partition coefficient (Wildman–Crippen LogP) is 7.70. The molecule has 0 spiro atoms. The van der Waals surface area contributed by atoms with Crippen LogP contribution in [0.3, 0.4) is 0 Å². The Balaban J connectivity index is 1.95. The summed E-state index contributed by atoms with van der Waals surface area (Å²) in [6.45, 7) is 29.9. The minimum absolute atomic E-state index is 0.00213. The summed E-state index contributed by atoms with van der Waals surface area (Å²) < 4.78 is 2.27. The van der Waals surface area contributed by atoms with Gasteiger partial charge in [-0.1, -0.05) is 70.9 Å². The van der Waals surface area contributed by atoms with Crippen molar-refractivity contribution in [2.24, 2.45) is 17.3 Å². The Morgan fingerprint density at radius 3 is 2.41 bits per heavy atom. The van der Waals surface area contributed by atoms with Gasteiger partial charge in [0, 0.05) is 11.2 Å². The number of nitrogens with zero attached hydrogens (tertiary/aromatic N) is 3. The summed E-state index contributed by atoms with van der Waals surface area (Å²) in [5.41, 5.74) is 4.87. The minimum Gasteiger partial charge on any atom is -0.383 e. The molecule has 5 unspecified atom stereocenters. The molecule has 0 amide bonds. The van der Waals surface area contributed by atoms with Crippen molar-refractivity contribution in [3.05, 3.63) is 35.8 Å². The van der Waals surface area contributed by atoms with Crippen LogP contribution in [0.15, 0.2) is 24.4 Å². The van der Waals surface area contributed by atoms with Crippen LogP contribution >= 0.6 is 0 Å². The fourth-order valence-corrected chi connectivity index (χ4v) is 6.55. The van der Waals surface area contributed by atoms with Crippen molar-refractivity contribution in [1.29, 1.82) is 0 Å². The summed E-state index contributed by atoms with van der Waals surface area (Å²) in [6.07, 6.45) is 10.4. The Morgan fingerprint density at radius 1 is 1.18 bits per heavy atom. The Bertz CT molecular complexity index is 911. The highest BCUT2D eigenvalue weighted by molar-refractivity contribution is 5.34. The van der Waals surface area contributed by atoms with Crippen LogP contribution in [0.4, 0.5) is 0 Å². The summed E-state index contributed by atoms with van der Waals surface area (Å²) in [4.78, 5) is 0. The first kappa shape index (κ1) is 27.0. The second-order valence-corrected chi connectivity index (χ2v) is 13.0. The first-order chi connectivity index (χ1) is 15.7. The van der Waals surface area contributed by atoms with Gasteiger partial charge in [-0.2, -0.15) is 0 Å². The van der Waals surface area contributed by atoms with E-state index in [1.807, 2.05) is 0 Å². The lowest BCUT2D eigenvalue weighted by atomic mass is 9.74. The molecule has 1 heterocycles. The number of nitrogens with one attached hydrogen (secondary N) is 1. The third kappa shape index (κ3) is 4.75. The molecular weight excluding hydrogens is 416 g/mol. The standard InChI is InChI=1S/C30H52N4/c1-12-22(5)19-27(7,8)34-24-17-15-14-16-18-28(9,26(24)32-33-34)23(6)31-30(11,13-2)25-20-29(25,10)21(3)4/h22,25,31H,3,6,12-20H2,1-2,4-5,7-11H3. The maximum absolute atomic E-state index is 4.90. The van der Waals surface area contributed by atoms with Gasteiger partial charge in [-0.3, -0.25) is 0 Å². The number of hydrogen-bond acceptors (Lipinski definition) is 3. The quantitative estimate of drug-likeness (QED) is 0.358. The molecule has 1 aromatic heterocycles. The summed E-state index contributed by atoms with van der Waals surface area (Å²) in [7, 11) is 0. The molecule has 4 nitrogen and oxygen atoms in total. The summed E-state index contributed by atoms with van der Waals surface area (Å²) in [5, 5.41) is 13.7. The molecule has 3 rings (SSSR count). The largest absolute Gasteiger partial charge is 0.383 e. The second kappa shape index (κ2) is 9.47. The second-order valence-electron chi connectivity index (χ2n) is 13.0.